The number of halogens is 2. The zero-order valence-corrected chi connectivity index (χ0v) is 16.6. The van der Waals surface area contributed by atoms with Crippen molar-refractivity contribution >= 4 is 41.5 Å². The fraction of sp³-hybridized carbons (Fsp3) is 0.263. The minimum atomic E-state index is -0.634. The molecule has 0 saturated heterocycles. The molecule has 2 aromatic carbocycles. The van der Waals surface area contributed by atoms with Gasteiger partial charge in [-0.05, 0) is 48.4 Å². The lowest BCUT2D eigenvalue weighted by Crippen LogP contribution is -2.46. The lowest BCUT2D eigenvalue weighted by atomic mass is 10.1. The van der Waals surface area contributed by atoms with Crippen LogP contribution in [-0.4, -0.2) is 24.4 Å². The van der Waals surface area contributed by atoms with Gasteiger partial charge in [0, 0.05) is 10.7 Å². The lowest BCUT2D eigenvalue weighted by Gasteiger charge is -2.15. The van der Waals surface area contributed by atoms with E-state index in [1.54, 1.807) is 48.5 Å². The standard InChI is InChI=1S/C19H22ClN3O3.ClH/c1-12(2)18(21)19(25)22-11-17(24)23-14-6-8-15(9-7-14)26-16-5-3-4-13(20)10-16;/h3-10,12,18H,11,21H2,1-2H3,(H,22,25)(H,23,24);1H/t18-;/m0./s1. The molecule has 0 spiro atoms. The molecular weight excluding hydrogens is 389 g/mol. The Balaban J connectivity index is 0.00000364. The highest BCUT2D eigenvalue weighted by Crippen LogP contribution is 2.25. The van der Waals surface area contributed by atoms with Gasteiger partial charge < -0.3 is 21.1 Å². The second kappa shape index (κ2) is 10.8. The SMILES string of the molecule is CC(C)[C@H](N)C(=O)NCC(=O)Nc1ccc(Oc2cccc(Cl)c2)cc1.Cl. The van der Waals surface area contributed by atoms with Crippen LogP contribution in [0.5, 0.6) is 11.5 Å². The first-order valence-electron chi connectivity index (χ1n) is 8.22. The van der Waals surface area contributed by atoms with Gasteiger partial charge in [-0.3, -0.25) is 9.59 Å². The first-order chi connectivity index (χ1) is 12.3. The van der Waals surface area contributed by atoms with Crippen LogP contribution in [0.1, 0.15) is 13.8 Å². The Morgan fingerprint density at radius 1 is 1.11 bits per heavy atom. The topological polar surface area (TPSA) is 93.5 Å². The lowest BCUT2D eigenvalue weighted by molar-refractivity contribution is -0.125. The maximum absolute atomic E-state index is 11.9. The van der Waals surface area contributed by atoms with Gasteiger partial charge in [0.15, 0.2) is 0 Å². The van der Waals surface area contributed by atoms with Crippen LogP contribution >= 0.6 is 24.0 Å². The van der Waals surface area contributed by atoms with E-state index < -0.39 is 6.04 Å². The molecular formula is C19H23Cl2N3O3. The Labute approximate surface area is 169 Å². The molecule has 0 fully saturated rings. The molecule has 8 heteroatoms. The van der Waals surface area contributed by atoms with Crippen molar-refractivity contribution in [3.63, 3.8) is 0 Å². The average molecular weight is 412 g/mol. The van der Waals surface area contributed by atoms with Gasteiger partial charge in [0.1, 0.15) is 11.5 Å². The van der Waals surface area contributed by atoms with Crippen LogP contribution in [0.3, 0.4) is 0 Å². The van der Waals surface area contributed by atoms with Crippen LogP contribution in [0.4, 0.5) is 5.69 Å². The van der Waals surface area contributed by atoms with Gasteiger partial charge >= 0.3 is 0 Å². The van der Waals surface area contributed by atoms with Crippen molar-refractivity contribution in [2.75, 3.05) is 11.9 Å². The quantitative estimate of drug-likeness (QED) is 0.648. The van der Waals surface area contributed by atoms with E-state index in [1.807, 2.05) is 13.8 Å². The molecule has 2 aromatic rings. The molecule has 0 aliphatic rings. The van der Waals surface area contributed by atoms with Crippen molar-refractivity contribution in [1.82, 2.24) is 5.32 Å². The summed E-state index contributed by atoms with van der Waals surface area (Å²) in [5.74, 6) is 0.559. The summed E-state index contributed by atoms with van der Waals surface area (Å²) < 4.78 is 5.68. The maximum atomic E-state index is 11.9. The normalized spacial score (nSPS) is 11.3. The van der Waals surface area contributed by atoms with Gasteiger partial charge in [-0.15, -0.1) is 12.4 Å². The van der Waals surface area contributed by atoms with Gasteiger partial charge in [-0.25, -0.2) is 0 Å². The number of nitrogens with two attached hydrogens (primary N) is 1. The number of benzene rings is 2. The number of ether oxygens (including phenoxy) is 1. The van der Waals surface area contributed by atoms with E-state index in [1.165, 1.54) is 0 Å². The van der Waals surface area contributed by atoms with Gasteiger partial charge in [0.25, 0.3) is 0 Å². The van der Waals surface area contributed by atoms with Crippen molar-refractivity contribution < 1.29 is 14.3 Å². The minimum absolute atomic E-state index is 0. The highest BCUT2D eigenvalue weighted by atomic mass is 35.5. The summed E-state index contributed by atoms with van der Waals surface area (Å²) in [4.78, 5) is 23.7. The fourth-order valence-corrected chi connectivity index (χ4v) is 2.25. The Hall–Kier alpha value is -2.28. The molecule has 1 atom stereocenters. The largest absolute Gasteiger partial charge is 0.457 e. The monoisotopic (exact) mass is 411 g/mol. The van der Waals surface area contributed by atoms with Crippen LogP contribution in [0.15, 0.2) is 48.5 Å². The number of anilines is 1. The summed E-state index contributed by atoms with van der Waals surface area (Å²) in [6.07, 6.45) is 0. The molecule has 27 heavy (non-hydrogen) atoms. The number of carbonyl (C=O) groups excluding carboxylic acids is 2. The Morgan fingerprint density at radius 2 is 1.78 bits per heavy atom. The minimum Gasteiger partial charge on any atom is -0.457 e. The molecule has 0 aliphatic carbocycles. The smallest absolute Gasteiger partial charge is 0.243 e. The zero-order chi connectivity index (χ0) is 19.1. The summed E-state index contributed by atoms with van der Waals surface area (Å²) >= 11 is 5.92. The second-order valence-corrected chi connectivity index (χ2v) is 6.56. The third-order valence-corrected chi connectivity index (χ3v) is 3.85. The average Bonchev–Trinajstić information content (AvgIpc) is 2.60. The summed E-state index contributed by atoms with van der Waals surface area (Å²) in [7, 11) is 0. The van der Waals surface area contributed by atoms with Crippen molar-refractivity contribution in [2.45, 2.75) is 19.9 Å². The van der Waals surface area contributed by atoms with Crippen LogP contribution in [-0.2, 0) is 9.59 Å². The molecule has 0 heterocycles. The zero-order valence-electron chi connectivity index (χ0n) is 15.1. The summed E-state index contributed by atoms with van der Waals surface area (Å²) in [5, 5.41) is 5.80. The second-order valence-electron chi connectivity index (χ2n) is 6.12. The molecule has 0 radical (unpaired) electrons. The first kappa shape index (κ1) is 22.8. The molecule has 146 valence electrons. The van der Waals surface area contributed by atoms with Crippen molar-refractivity contribution in [3.8, 4) is 11.5 Å². The Kier molecular flexibility index (Phi) is 9.08. The predicted molar refractivity (Wildman–Crippen MR) is 110 cm³/mol. The van der Waals surface area contributed by atoms with E-state index in [0.29, 0.717) is 22.2 Å². The first-order valence-corrected chi connectivity index (χ1v) is 8.59. The molecule has 2 rings (SSSR count). The molecule has 4 N–H and O–H groups in total. The van der Waals surface area contributed by atoms with Gasteiger partial charge in [0.2, 0.25) is 11.8 Å². The van der Waals surface area contributed by atoms with E-state index in [2.05, 4.69) is 10.6 Å². The van der Waals surface area contributed by atoms with Gasteiger partial charge in [0.05, 0.1) is 12.6 Å². The highest BCUT2D eigenvalue weighted by Gasteiger charge is 2.17. The number of rotatable bonds is 7. The molecule has 0 aromatic heterocycles. The van der Waals surface area contributed by atoms with Gasteiger partial charge in [-0.1, -0.05) is 31.5 Å². The number of hydrogen-bond donors (Lipinski definition) is 3. The summed E-state index contributed by atoms with van der Waals surface area (Å²) in [6, 6.07) is 13.3. The number of hydrogen-bond acceptors (Lipinski definition) is 4. The molecule has 2 amide bonds. The van der Waals surface area contributed by atoms with Crippen molar-refractivity contribution in [3.05, 3.63) is 53.6 Å². The van der Waals surface area contributed by atoms with E-state index in [-0.39, 0.29) is 36.7 Å². The number of nitrogens with one attached hydrogen (secondary N) is 2. The Morgan fingerprint density at radius 3 is 2.37 bits per heavy atom. The molecule has 0 saturated carbocycles. The van der Waals surface area contributed by atoms with Crippen molar-refractivity contribution in [2.24, 2.45) is 11.7 Å². The van der Waals surface area contributed by atoms with Crippen LogP contribution in [0.25, 0.3) is 0 Å². The van der Waals surface area contributed by atoms with E-state index >= 15 is 0 Å². The van der Waals surface area contributed by atoms with E-state index in [4.69, 9.17) is 22.1 Å². The predicted octanol–water partition coefficient (Wildman–Crippen LogP) is 3.59. The van der Waals surface area contributed by atoms with Crippen LogP contribution < -0.4 is 21.1 Å². The third-order valence-electron chi connectivity index (χ3n) is 3.61. The highest BCUT2D eigenvalue weighted by molar-refractivity contribution is 6.30. The van der Waals surface area contributed by atoms with E-state index in [0.717, 1.165) is 0 Å². The molecule has 0 aliphatic heterocycles. The molecule has 0 bridgehead atoms. The third kappa shape index (κ3) is 7.46. The fourth-order valence-electron chi connectivity index (χ4n) is 2.07. The number of amides is 2. The van der Waals surface area contributed by atoms with E-state index in [9.17, 15) is 9.59 Å². The van der Waals surface area contributed by atoms with Crippen LogP contribution in [0, 0.1) is 5.92 Å². The summed E-state index contributed by atoms with van der Waals surface area (Å²) in [6.45, 7) is 3.55. The number of carbonyl (C=O) groups is 2. The maximum Gasteiger partial charge on any atom is 0.243 e. The molecule has 6 nitrogen and oxygen atoms in total. The Bertz CT molecular complexity index is 767. The van der Waals surface area contributed by atoms with Gasteiger partial charge in [-0.2, -0.15) is 0 Å². The summed E-state index contributed by atoms with van der Waals surface area (Å²) in [5.41, 5.74) is 6.32. The van der Waals surface area contributed by atoms with Crippen molar-refractivity contribution in [1.29, 1.82) is 0 Å². The van der Waals surface area contributed by atoms with Crippen LogP contribution in [0.2, 0.25) is 5.02 Å². The molecule has 0 unspecified atom stereocenters.